The molecular weight excluding hydrogens is 441 g/mol. The molecule has 1 aliphatic heterocycles. The van der Waals surface area contributed by atoms with Gasteiger partial charge in [-0.2, -0.15) is 0 Å². The van der Waals surface area contributed by atoms with E-state index >= 15 is 0 Å². The number of ether oxygens (including phenoxy) is 1. The van der Waals surface area contributed by atoms with Crippen LogP contribution in [0.3, 0.4) is 0 Å². The van der Waals surface area contributed by atoms with Gasteiger partial charge >= 0.3 is 0 Å². The number of hydrogen-bond acceptors (Lipinski definition) is 6. The fourth-order valence-electron chi connectivity index (χ4n) is 3.60. The summed E-state index contributed by atoms with van der Waals surface area (Å²) in [6, 6.07) is 18.1. The van der Waals surface area contributed by atoms with Crippen LogP contribution in [0.5, 0.6) is 5.75 Å². The van der Waals surface area contributed by atoms with Gasteiger partial charge in [0.15, 0.2) is 0 Å². The molecule has 34 heavy (non-hydrogen) atoms. The molecule has 0 atom stereocenters. The second-order valence-corrected chi connectivity index (χ2v) is 7.42. The van der Waals surface area contributed by atoms with Crippen LogP contribution in [-0.4, -0.2) is 28.2 Å². The number of non-ortho nitro benzene ring substituents is 1. The number of amides is 2. The Morgan fingerprint density at radius 1 is 0.971 bits per heavy atom. The fraction of sp³-hybridized carbons (Fsp3) is 0.120. The highest BCUT2D eigenvalue weighted by Gasteiger charge is 2.39. The molecule has 0 spiro atoms. The summed E-state index contributed by atoms with van der Waals surface area (Å²) in [4.78, 5) is 38.0. The molecule has 4 rings (SSSR count). The van der Waals surface area contributed by atoms with E-state index in [0.717, 1.165) is 4.90 Å². The predicted molar refractivity (Wildman–Crippen MR) is 123 cm³/mol. The first-order valence-electron chi connectivity index (χ1n) is 10.5. The highest BCUT2D eigenvalue weighted by atomic mass is 19.1. The number of imide groups is 1. The Bertz CT molecular complexity index is 1290. The number of nitrogens with one attached hydrogen (secondary N) is 1. The summed E-state index contributed by atoms with van der Waals surface area (Å²) in [6.07, 6.45) is 0. The summed E-state index contributed by atoms with van der Waals surface area (Å²) in [7, 11) is 0. The third kappa shape index (κ3) is 4.49. The molecule has 2 amide bonds. The average molecular weight is 461 g/mol. The van der Waals surface area contributed by atoms with Crippen LogP contribution in [0, 0.1) is 15.9 Å². The van der Waals surface area contributed by atoms with Crippen LogP contribution in [0.15, 0.2) is 78.5 Å². The van der Waals surface area contributed by atoms with Gasteiger partial charge in [-0.05, 0) is 55.0 Å². The van der Waals surface area contributed by atoms with E-state index in [0.29, 0.717) is 23.6 Å². The van der Waals surface area contributed by atoms with Gasteiger partial charge in [0.05, 0.1) is 23.6 Å². The third-order valence-electron chi connectivity index (χ3n) is 5.26. The van der Waals surface area contributed by atoms with Crippen molar-refractivity contribution in [3.8, 4) is 5.75 Å². The normalized spacial score (nSPS) is 13.4. The standard InChI is InChI=1S/C25H20FN3O5/c1-2-34-20-13-9-18(10-14-20)27-23-22(16-7-11-19(12-8-16)29(32)33)24(30)28(25(23)31)15-17-5-3-4-6-21(17)26/h3-14,27H,2,15H2,1H3. The maximum atomic E-state index is 14.2. The molecule has 0 saturated carbocycles. The Kier molecular flexibility index (Phi) is 6.35. The van der Waals surface area contributed by atoms with Crippen molar-refractivity contribution in [3.63, 3.8) is 0 Å². The van der Waals surface area contributed by atoms with Gasteiger partial charge in [-0.15, -0.1) is 0 Å². The maximum Gasteiger partial charge on any atom is 0.278 e. The van der Waals surface area contributed by atoms with Crippen LogP contribution in [0.1, 0.15) is 18.1 Å². The minimum Gasteiger partial charge on any atom is -0.494 e. The van der Waals surface area contributed by atoms with E-state index in [4.69, 9.17) is 4.74 Å². The molecule has 0 aromatic heterocycles. The smallest absolute Gasteiger partial charge is 0.278 e. The third-order valence-corrected chi connectivity index (χ3v) is 5.26. The summed E-state index contributed by atoms with van der Waals surface area (Å²) in [5.74, 6) is -1.15. The number of rotatable bonds is 8. The number of nitro benzene ring substituents is 1. The molecule has 9 heteroatoms. The summed E-state index contributed by atoms with van der Waals surface area (Å²) in [5, 5.41) is 14.0. The van der Waals surface area contributed by atoms with Crippen molar-refractivity contribution in [3.05, 3.63) is 106 Å². The van der Waals surface area contributed by atoms with Crippen molar-refractivity contribution < 1.29 is 23.6 Å². The zero-order chi connectivity index (χ0) is 24.2. The van der Waals surface area contributed by atoms with E-state index in [9.17, 15) is 24.1 Å². The highest BCUT2D eigenvalue weighted by Crippen LogP contribution is 2.33. The quantitative estimate of drug-likeness (QED) is 0.301. The van der Waals surface area contributed by atoms with E-state index in [1.54, 1.807) is 30.3 Å². The maximum absolute atomic E-state index is 14.2. The lowest BCUT2D eigenvalue weighted by atomic mass is 10.0. The second kappa shape index (κ2) is 9.53. The Morgan fingerprint density at radius 2 is 1.65 bits per heavy atom. The largest absolute Gasteiger partial charge is 0.494 e. The first kappa shape index (κ1) is 22.7. The summed E-state index contributed by atoms with van der Waals surface area (Å²) < 4.78 is 19.7. The minimum absolute atomic E-state index is 0.000600. The van der Waals surface area contributed by atoms with Gasteiger partial charge in [0.1, 0.15) is 17.3 Å². The van der Waals surface area contributed by atoms with Gasteiger partial charge in [-0.3, -0.25) is 24.6 Å². The number of halogens is 1. The molecule has 0 bridgehead atoms. The number of carbonyl (C=O) groups excluding carboxylic acids is 2. The van der Waals surface area contributed by atoms with Crippen molar-refractivity contribution >= 4 is 28.8 Å². The molecule has 0 unspecified atom stereocenters. The minimum atomic E-state index is -0.629. The monoisotopic (exact) mass is 461 g/mol. The summed E-state index contributed by atoms with van der Waals surface area (Å²) >= 11 is 0. The number of anilines is 1. The number of benzene rings is 3. The molecule has 1 N–H and O–H groups in total. The van der Waals surface area contributed by atoms with Crippen LogP contribution in [0.4, 0.5) is 15.8 Å². The van der Waals surface area contributed by atoms with Gasteiger partial charge in [0.25, 0.3) is 17.5 Å². The predicted octanol–water partition coefficient (Wildman–Crippen LogP) is 4.52. The number of nitrogens with zero attached hydrogens (tertiary/aromatic N) is 2. The van der Waals surface area contributed by atoms with E-state index in [1.807, 2.05) is 6.92 Å². The number of carbonyl (C=O) groups is 2. The molecule has 1 aliphatic rings. The van der Waals surface area contributed by atoms with E-state index in [2.05, 4.69) is 5.32 Å². The van der Waals surface area contributed by atoms with Gasteiger partial charge < -0.3 is 10.1 Å². The van der Waals surface area contributed by atoms with E-state index in [-0.39, 0.29) is 29.1 Å². The molecule has 0 saturated heterocycles. The van der Waals surface area contributed by atoms with Gasteiger partial charge in [-0.1, -0.05) is 18.2 Å². The Balaban J connectivity index is 1.72. The first-order valence-corrected chi connectivity index (χ1v) is 10.5. The number of nitro groups is 1. The topological polar surface area (TPSA) is 102 Å². The van der Waals surface area contributed by atoms with Crippen LogP contribution in [0.2, 0.25) is 0 Å². The first-order chi connectivity index (χ1) is 16.4. The van der Waals surface area contributed by atoms with Crippen molar-refractivity contribution in [1.29, 1.82) is 0 Å². The van der Waals surface area contributed by atoms with Crippen LogP contribution in [0.25, 0.3) is 5.57 Å². The average Bonchev–Trinajstić information content (AvgIpc) is 3.06. The molecule has 0 radical (unpaired) electrons. The molecule has 0 fully saturated rings. The van der Waals surface area contributed by atoms with Crippen LogP contribution < -0.4 is 10.1 Å². The van der Waals surface area contributed by atoms with Crippen LogP contribution >= 0.6 is 0 Å². The lowest BCUT2D eigenvalue weighted by Gasteiger charge is -2.16. The Morgan fingerprint density at radius 3 is 2.26 bits per heavy atom. The molecule has 3 aromatic carbocycles. The molecule has 8 nitrogen and oxygen atoms in total. The van der Waals surface area contributed by atoms with Crippen molar-refractivity contribution in [2.24, 2.45) is 0 Å². The lowest BCUT2D eigenvalue weighted by molar-refractivity contribution is -0.384. The summed E-state index contributed by atoms with van der Waals surface area (Å²) in [5.41, 5.74) is 0.949. The Hall–Kier alpha value is -4.53. The zero-order valence-corrected chi connectivity index (χ0v) is 18.2. The van der Waals surface area contributed by atoms with E-state index < -0.39 is 22.6 Å². The Labute approximate surface area is 194 Å². The highest BCUT2D eigenvalue weighted by molar-refractivity contribution is 6.36. The lowest BCUT2D eigenvalue weighted by Crippen LogP contribution is -2.32. The SMILES string of the molecule is CCOc1ccc(NC2=C(c3ccc([N+](=O)[O-])cc3)C(=O)N(Cc3ccccc3F)C2=O)cc1. The summed E-state index contributed by atoms with van der Waals surface area (Å²) in [6.45, 7) is 2.11. The van der Waals surface area contributed by atoms with Gasteiger partial charge in [0, 0.05) is 23.4 Å². The molecule has 3 aromatic rings. The van der Waals surface area contributed by atoms with E-state index in [1.165, 1.54) is 42.5 Å². The fourth-order valence-corrected chi connectivity index (χ4v) is 3.60. The molecular formula is C25H20FN3O5. The molecule has 172 valence electrons. The van der Waals surface area contributed by atoms with Gasteiger partial charge in [-0.25, -0.2) is 4.39 Å². The van der Waals surface area contributed by atoms with Gasteiger partial charge in [0.2, 0.25) is 0 Å². The number of hydrogen-bond donors (Lipinski definition) is 1. The molecule has 0 aliphatic carbocycles. The van der Waals surface area contributed by atoms with Crippen molar-refractivity contribution in [2.45, 2.75) is 13.5 Å². The molecule has 1 heterocycles. The zero-order valence-electron chi connectivity index (χ0n) is 18.2. The van der Waals surface area contributed by atoms with Crippen molar-refractivity contribution in [1.82, 2.24) is 4.90 Å². The second-order valence-electron chi connectivity index (χ2n) is 7.42. The van der Waals surface area contributed by atoms with Crippen molar-refractivity contribution in [2.75, 3.05) is 11.9 Å². The van der Waals surface area contributed by atoms with Crippen LogP contribution in [-0.2, 0) is 16.1 Å².